The maximum atomic E-state index is 5.18. The molecule has 0 saturated carbocycles. The minimum absolute atomic E-state index is 0. The van der Waals surface area contributed by atoms with Gasteiger partial charge in [-0.05, 0) is 12.1 Å². The number of hydrogen-bond donors (Lipinski definition) is 2. The van der Waals surface area contributed by atoms with Crippen molar-refractivity contribution >= 4 is 28.9 Å². The van der Waals surface area contributed by atoms with E-state index >= 15 is 0 Å². The van der Waals surface area contributed by atoms with E-state index in [1.54, 1.807) is 6.20 Å². The number of rotatable bonds is 2. The third-order valence-electron chi connectivity index (χ3n) is 1.43. The van der Waals surface area contributed by atoms with Gasteiger partial charge >= 0.3 is 0 Å². The summed E-state index contributed by atoms with van der Waals surface area (Å²) >= 11 is 1.37. The lowest BCUT2D eigenvalue weighted by Crippen LogP contribution is -2.05. The summed E-state index contributed by atoms with van der Waals surface area (Å²) in [7, 11) is 0. The molecular formula is C7H8ClN5S. The van der Waals surface area contributed by atoms with Gasteiger partial charge in [0, 0.05) is 6.20 Å². The van der Waals surface area contributed by atoms with Crippen molar-refractivity contribution < 1.29 is 0 Å². The van der Waals surface area contributed by atoms with Gasteiger partial charge in [0.25, 0.3) is 0 Å². The molecule has 7 heteroatoms. The second kappa shape index (κ2) is 4.85. The van der Waals surface area contributed by atoms with Gasteiger partial charge in [-0.15, -0.1) is 22.6 Å². The van der Waals surface area contributed by atoms with Crippen LogP contribution in [0.5, 0.6) is 0 Å². The summed E-state index contributed by atoms with van der Waals surface area (Å²) in [5.41, 5.74) is 3.24. The quantitative estimate of drug-likeness (QED) is 0.600. The molecule has 5 nitrogen and oxygen atoms in total. The number of nitrogens with zero attached hydrogens (tertiary/aromatic N) is 3. The van der Waals surface area contributed by atoms with E-state index in [0.29, 0.717) is 5.13 Å². The predicted molar refractivity (Wildman–Crippen MR) is 58.2 cm³/mol. The smallest absolute Gasteiger partial charge is 0.220 e. The summed E-state index contributed by atoms with van der Waals surface area (Å²) in [4.78, 5) is 4.14. The fourth-order valence-corrected chi connectivity index (χ4v) is 1.51. The highest BCUT2D eigenvalue weighted by Crippen LogP contribution is 2.23. The zero-order chi connectivity index (χ0) is 9.10. The molecule has 0 spiro atoms. The van der Waals surface area contributed by atoms with E-state index in [4.69, 9.17) is 5.84 Å². The summed E-state index contributed by atoms with van der Waals surface area (Å²) < 4.78 is 0. The Labute approximate surface area is 90.8 Å². The first-order chi connectivity index (χ1) is 6.40. The summed E-state index contributed by atoms with van der Waals surface area (Å²) in [6.45, 7) is 0. The van der Waals surface area contributed by atoms with E-state index in [1.165, 1.54) is 11.3 Å². The van der Waals surface area contributed by atoms with Crippen LogP contribution in [0.2, 0.25) is 0 Å². The van der Waals surface area contributed by atoms with Gasteiger partial charge in [-0.1, -0.05) is 17.4 Å². The van der Waals surface area contributed by atoms with Crippen molar-refractivity contribution in [3.63, 3.8) is 0 Å². The number of nitrogens with two attached hydrogens (primary N) is 1. The van der Waals surface area contributed by atoms with E-state index in [9.17, 15) is 0 Å². The van der Waals surface area contributed by atoms with E-state index in [-0.39, 0.29) is 12.4 Å². The second-order valence-corrected chi connectivity index (χ2v) is 3.25. The monoisotopic (exact) mass is 229 g/mol. The molecule has 0 aliphatic heterocycles. The van der Waals surface area contributed by atoms with Crippen molar-refractivity contribution in [2.24, 2.45) is 5.84 Å². The Morgan fingerprint density at radius 3 is 2.71 bits per heavy atom. The lowest BCUT2D eigenvalue weighted by molar-refractivity contribution is 1.07. The van der Waals surface area contributed by atoms with Crippen LogP contribution < -0.4 is 11.3 Å². The minimum atomic E-state index is 0. The molecule has 0 fully saturated rings. The van der Waals surface area contributed by atoms with Crippen LogP contribution in [0.3, 0.4) is 0 Å². The number of nitrogen functional groups attached to an aromatic ring is 1. The molecule has 0 unspecified atom stereocenters. The standard InChI is InChI=1S/C7H7N5S.ClH/c8-10-7-12-11-6(13-7)5-3-1-2-4-9-5;/h1-4H,8H2,(H,10,12);1H. The van der Waals surface area contributed by atoms with Gasteiger partial charge in [0.1, 0.15) is 5.69 Å². The van der Waals surface area contributed by atoms with Crippen molar-refractivity contribution in [3.05, 3.63) is 24.4 Å². The number of hydrogen-bond acceptors (Lipinski definition) is 6. The largest absolute Gasteiger partial charge is 0.298 e. The second-order valence-electron chi connectivity index (χ2n) is 2.27. The Morgan fingerprint density at radius 2 is 2.14 bits per heavy atom. The maximum absolute atomic E-state index is 5.18. The van der Waals surface area contributed by atoms with Crippen LogP contribution in [0.15, 0.2) is 24.4 Å². The average Bonchev–Trinajstić information content (AvgIpc) is 2.67. The van der Waals surface area contributed by atoms with Gasteiger partial charge in [0.15, 0.2) is 5.01 Å². The molecule has 0 amide bonds. The third-order valence-corrected chi connectivity index (χ3v) is 2.31. The minimum Gasteiger partial charge on any atom is -0.298 e. The summed E-state index contributed by atoms with van der Waals surface area (Å²) in [5.74, 6) is 5.18. The van der Waals surface area contributed by atoms with Gasteiger partial charge < -0.3 is 0 Å². The number of anilines is 1. The highest BCUT2D eigenvalue weighted by Gasteiger charge is 2.05. The number of halogens is 1. The maximum Gasteiger partial charge on any atom is 0.220 e. The molecular weight excluding hydrogens is 222 g/mol. The lowest BCUT2D eigenvalue weighted by Gasteiger charge is -1.90. The molecule has 0 radical (unpaired) electrons. The number of hydrazine groups is 1. The Morgan fingerprint density at radius 1 is 1.29 bits per heavy atom. The Hall–Kier alpha value is -1.24. The first-order valence-corrected chi connectivity index (χ1v) is 4.43. The van der Waals surface area contributed by atoms with Gasteiger partial charge in [-0.2, -0.15) is 0 Å². The SMILES string of the molecule is Cl.NNc1nnc(-c2ccccn2)s1. The van der Waals surface area contributed by atoms with Gasteiger partial charge in [0.2, 0.25) is 5.13 Å². The molecule has 2 aromatic rings. The van der Waals surface area contributed by atoms with Gasteiger partial charge in [0.05, 0.1) is 0 Å². The third kappa shape index (κ3) is 2.16. The first kappa shape index (κ1) is 10.8. The van der Waals surface area contributed by atoms with Gasteiger partial charge in [-0.25, -0.2) is 5.84 Å². The first-order valence-electron chi connectivity index (χ1n) is 3.61. The molecule has 0 atom stereocenters. The van der Waals surface area contributed by atoms with Crippen molar-refractivity contribution in [1.29, 1.82) is 0 Å². The van der Waals surface area contributed by atoms with Crippen molar-refractivity contribution in [3.8, 4) is 10.7 Å². The molecule has 14 heavy (non-hydrogen) atoms. The summed E-state index contributed by atoms with van der Waals surface area (Å²) in [6.07, 6.45) is 1.71. The molecule has 2 heterocycles. The van der Waals surface area contributed by atoms with Crippen LogP contribution in [0.25, 0.3) is 10.7 Å². The zero-order valence-corrected chi connectivity index (χ0v) is 8.68. The Kier molecular flexibility index (Phi) is 3.75. The van der Waals surface area contributed by atoms with Crippen molar-refractivity contribution in [2.45, 2.75) is 0 Å². The molecule has 0 aromatic carbocycles. The Bertz CT molecular complexity index is 390. The van der Waals surface area contributed by atoms with Crippen LogP contribution in [0, 0.1) is 0 Å². The number of pyridine rings is 1. The fraction of sp³-hybridized carbons (Fsp3) is 0. The van der Waals surface area contributed by atoms with E-state index in [0.717, 1.165) is 10.7 Å². The Balaban J connectivity index is 0.000000980. The lowest BCUT2D eigenvalue weighted by atomic mass is 10.4. The molecule has 2 aromatic heterocycles. The molecule has 0 bridgehead atoms. The topological polar surface area (TPSA) is 76.7 Å². The molecule has 2 rings (SSSR count). The van der Waals surface area contributed by atoms with E-state index < -0.39 is 0 Å². The van der Waals surface area contributed by atoms with Crippen molar-refractivity contribution in [1.82, 2.24) is 15.2 Å². The van der Waals surface area contributed by atoms with Crippen LogP contribution >= 0.6 is 23.7 Å². The van der Waals surface area contributed by atoms with Crippen molar-refractivity contribution in [2.75, 3.05) is 5.43 Å². The molecule has 3 N–H and O–H groups in total. The van der Waals surface area contributed by atoms with Gasteiger partial charge in [-0.3, -0.25) is 10.4 Å². The molecule has 0 aliphatic carbocycles. The van der Waals surface area contributed by atoms with Crippen LogP contribution in [-0.4, -0.2) is 15.2 Å². The van der Waals surface area contributed by atoms with E-state index in [2.05, 4.69) is 20.6 Å². The predicted octanol–water partition coefficient (Wildman–Crippen LogP) is 1.31. The normalized spacial score (nSPS) is 9.21. The molecule has 74 valence electrons. The highest BCUT2D eigenvalue weighted by atomic mass is 35.5. The molecule has 0 aliphatic rings. The zero-order valence-electron chi connectivity index (χ0n) is 7.04. The summed E-state index contributed by atoms with van der Waals surface area (Å²) in [6, 6.07) is 5.63. The van der Waals surface area contributed by atoms with Crippen LogP contribution in [-0.2, 0) is 0 Å². The molecule has 0 saturated heterocycles. The van der Waals surface area contributed by atoms with E-state index in [1.807, 2.05) is 18.2 Å². The number of aromatic nitrogens is 3. The average molecular weight is 230 g/mol. The van der Waals surface area contributed by atoms with Crippen LogP contribution in [0.1, 0.15) is 0 Å². The van der Waals surface area contributed by atoms with Crippen LogP contribution in [0.4, 0.5) is 5.13 Å². The fourth-order valence-electron chi connectivity index (χ4n) is 0.874. The highest BCUT2D eigenvalue weighted by molar-refractivity contribution is 7.18. The summed E-state index contributed by atoms with van der Waals surface area (Å²) in [5, 5.41) is 9.07. The number of nitrogens with one attached hydrogen (secondary N) is 1.